The molecule has 1 unspecified atom stereocenters. The molecule has 0 aliphatic carbocycles. The summed E-state index contributed by atoms with van der Waals surface area (Å²) in [6.07, 6.45) is 2.19. The summed E-state index contributed by atoms with van der Waals surface area (Å²) in [5.41, 5.74) is 0. The van der Waals surface area contributed by atoms with E-state index in [1.807, 2.05) is 6.92 Å². The average Bonchev–Trinajstić information content (AvgIpc) is 1.90. The van der Waals surface area contributed by atoms with Gasteiger partial charge in [0.05, 0.1) is 5.92 Å². The lowest BCUT2D eigenvalue weighted by atomic mass is 10.1. The third-order valence-electron chi connectivity index (χ3n) is 1.10. The molecule has 0 amide bonds. The Bertz CT molecular complexity index is 112. The molecule has 0 aromatic rings. The van der Waals surface area contributed by atoms with Gasteiger partial charge in [0, 0.05) is 0 Å². The lowest BCUT2D eigenvalue weighted by molar-refractivity contribution is -0.136. The van der Waals surface area contributed by atoms with E-state index in [9.17, 15) is 4.79 Å². The second-order valence-corrected chi connectivity index (χ2v) is 1.80. The average molecular weight is 149 g/mol. The van der Waals surface area contributed by atoms with Crippen LogP contribution in [0.1, 0.15) is 13.3 Å². The van der Waals surface area contributed by atoms with Crippen molar-refractivity contribution in [3.8, 4) is 0 Å². The van der Waals surface area contributed by atoms with Gasteiger partial charge in [-0.3, -0.25) is 0 Å². The lowest BCUT2D eigenvalue weighted by Crippen LogP contribution is -2.09. The highest BCUT2D eigenvalue weighted by Gasteiger charge is 2.12. The first-order valence-corrected chi connectivity index (χ1v) is 3.02. The van der Waals surface area contributed by atoms with E-state index >= 15 is 0 Å². The molecule has 0 N–H and O–H groups in total. The van der Waals surface area contributed by atoms with Crippen molar-refractivity contribution >= 4 is 17.8 Å². The highest BCUT2D eigenvalue weighted by atomic mass is 35.5. The predicted molar refractivity (Wildman–Crippen MR) is 35.9 cm³/mol. The fourth-order valence-electron chi connectivity index (χ4n) is 0.487. The van der Waals surface area contributed by atoms with Crippen LogP contribution in [0.2, 0.25) is 0 Å². The first-order chi connectivity index (χ1) is 4.26. The van der Waals surface area contributed by atoms with Gasteiger partial charge in [-0.25, -0.2) is 4.79 Å². The van der Waals surface area contributed by atoms with Crippen LogP contribution in [0.3, 0.4) is 0 Å². The van der Waals surface area contributed by atoms with Crippen molar-refractivity contribution in [1.82, 2.24) is 0 Å². The minimum absolute atomic E-state index is 0.262. The van der Waals surface area contributed by atoms with Crippen molar-refractivity contribution in [1.29, 1.82) is 0 Å². The van der Waals surface area contributed by atoms with Crippen molar-refractivity contribution in [2.75, 3.05) is 0 Å². The molecule has 0 saturated carbocycles. The second kappa shape index (κ2) is 4.39. The van der Waals surface area contributed by atoms with E-state index in [4.69, 9.17) is 11.9 Å². The molecule has 0 fully saturated rings. The summed E-state index contributed by atoms with van der Waals surface area (Å²) in [6.45, 7) is 5.30. The standard InChI is InChI=1S/C6H9ClO2/c1-3-5(4-2)6(8)9-7/h3,5H,1,4H2,2H3. The number of rotatable bonds is 3. The molecule has 52 valence electrons. The topological polar surface area (TPSA) is 26.3 Å². The molecule has 0 rings (SSSR count). The Labute approximate surface area is 59.6 Å². The van der Waals surface area contributed by atoms with Gasteiger partial charge in [-0.15, -0.1) is 6.58 Å². The molecule has 0 radical (unpaired) electrons. The van der Waals surface area contributed by atoms with Crippen LogP contribution in [0.4, 0.5) is 0 Å². The quantitative estimate of drug-likeness (QED) is 0.572. The van der Waals surface area contributed by atoms with Crippen LogP contribution in [-0.2, 0) is 9.08 Å². The molecular formula is C6H9ClO2. The van der Waals surface area contributed by atoms with Crippen molar-refractivity contribution in [2.24, 2.45) is 5.92 Å². The van der Waals surface area contributed by atoms with Gasteiger partial charge in [-0.1, -0.05) is 13.0 Å². The molecule has 0 spiro atoms. The summed E-state index contributed by atoms with van der Waals surface area (Å²) in [6, 6.07) is 0. The first-order valence-electron chi connectivity index (χ1n) is 2.71. The van der Waals surface area contributed by atoms with E-state index in [2.05, 4.69) is 10.9 Å². The van der Waals surface area contributed by atoms with Crippen molar-refractivity contribution < 1.29 is 9.08 Å². The van der Waals surface area contributed by atoms with Gasteiger partial charge in [0.25, 0.3) is 0 Å². The van der Waals surface area contributed by atoms with Crippen LogP contribution in [0.25, 0.3) is 0 Å². The third kappa shape index (κ3) is 2.51. The minimum Gasteiger partial charge on any atom is -0.347 e. The summed E-state index contributed by atoms with van der Waals surface area (Å²) in [7, 11) is 0. The van der Waals surface area contributed by atoms with Crippen molar-refractivity contribution in [3.63, 3.8) is 0 Å². The summed E-state index contributed by atoms with van der Waals surface area (Å²) >= 11 is 4.81. The fraction of sp³-hybridized carbons (Fsp3) is 0.500. The monoisotopic (exact) mass is 148 g/mol. The van der Waals surface area contributed by atoms with Crippen LogP contribution < -0.4 is 0 Å². The first kappa shape index (κ1) is 8.50. The number of carbonyl (C=O) groups excluding carboxylic acids is 1. The molecule has 0 bridgehead atoms. The van der Waals surface area contributed by atoms with E-state index < -0.39 is 5.97 Å². The Morgan fingerprint density at radius 2 is 2.56 bits per heavy atom. The molecule has 0 saturated heterocycles. The SMILES string of the molecule is C=CC(CC)C(=O)OCl. The fourth-order valence-corrected chi connectivity index (χ4v) is 0.601. The van der Waals surface area contributed by atoms with Gasteiger partial charge >= 0.3 is 5.97 Å². The number of halogens is 1. The highest BCUT2D eigenvalue weighted by Crippen LogP contribution is 2.06. The summed E-state index contributed by atoms with van der Waals surface area (Å²) < 4.78 is 3.96. The number of hydrogen-bond acceptors (Lipinski definition) is 2. The maximum atomic E-state index is 10.5. The van der Waals surface area contributed by atoms with E-state index in [0.717, 1.165) is 0 Å². The van der Waals surface area contributed by atoms with Crippen molar-refractivity contribution in [3.05, 3.63) is 12.7 Å². The zero-order chi connectivity index (χ0) is 7.28. The van der Waals surface area contributed by atoms with Crippen LogP contribution in [-0.4, -0.2) is 5.97 Å². The molecule has 3 heteroatoms. The van der Waals surface area contributed by atoms with Crippen LogP contribution in [0.15, 0.2) is 12.7 Å². The molecule has 9 heavy (non-hydrogen) atoms. The van der Waals surface area contributed by atoms with Crippen LogP contribution in [0.5, 0.6) is 0 Å². The Hall–Kier alpha value is -0.500. The minimum atomic E-state index is -0.436. The molecule has 0 aromatic carbocycles. The summed E-state index contributed by atoms with van der Waals surface area (Å²) in [5.74, 6) is -0.698. The number of carbonyl (C=O) groups is 1. The number of hydrogen-bond donors (Lipinski definition) is 0. The Balaban J connectivity index is 3.78. The van der Waals surface area contributed by atoms with E-state index in [-0.39, 0.29) is 5.92 Å². The lowest BCUT2D eigenvalue weighted by Gasteiger charge is -2.01. The van der Waals surface area contributed by atoms with Gasteiger partial charge in [0.15, 0.2) is 0 Å². The van der Waals surface area contributed by atoms with E-state index in [1.165, 1.54) is 6.08 Å². The van der Waals surface area contributed by atoms with E-state index in [1.54, 1.807) is 0 Å². The second-order valence-electron chi connectivity index (χ2n) is 1.65. The Morgan fingerprint density at radius 3 is 2.67 bits per heavy atom. The van der Waals surface area contributed by atoms with Gasteiger partial charge < -0.3 is 4.29 Å². The molecular weight excluding hydrogens is 140 g/mol. The molecule has 0 heterocycles. The normalized spacial score (nSPS) is 12.2. The molecule has 2 nitrogen and oxygen atoms in total. The van der Waals surface area contributed by atoms with Gasteiger partial charge in [0.1, 0.15) is 11.9 Å². The maximum absolute atomic E-state index is 10.5. The van der Waals surface area contributed by atoms with Crippen LogP contribution in [0, 0.1) is 5.92 Å². The molecule has 0 aliphatic heterocycles. The highest BCUT2D eigenvalue weighted by molar-refractivity contribution is 6.13. The van der Waals surface area contributed by atoms with Gasteiger partial charge in [0.2, 0.25) is 0 Å². The molecule has 0 aromatic heterocycles. The van der Waals surface area contributed by atoms with Crippen LogP contribution >= 0.6 is 11.9 Å². The third-order valence-corrected chi connectivity index (χ3v) is 1.26. The largest absolute Gasteiger partial charge is 0.347 e. The Kier molecular flexibility index (Phi) is 4.14. The Morgan fingerprint density at radius 1 is 2.00 bits per heavy atom. The molecule has 1 atom stereocenters. The zero-order valence-electron chi connectivity index (χ0n) is 5.26. The predicted octanol–water partition coefficient (Wildman–Crippen LogP) is 1.90. The van der Waals surface area contributed by atoms with Gasteiger partial charge in [-0.05, 0) is 6.42 Å². The summed E-state index contributed by atoms with van der Waals surface area (Å²) in [4.78, 5) is 10.5. The van der Waals surface area contributed by atoms with Crippen molar-refractivity contribution in [2.45, 2.75) is 13.3 Å². The summed E-state index contributed by atoms with van der Waals surface area (Å²) in [5, 5.41) is 0. The van der Waals surface area contributed by atoms with Gasteiger partial charge in [-0.2, -0.15) is 0 Å². The molecule has 0 aliphatic rings. The maximum Gasteiger partial charge on any atom is 0.331 e. The van der Waals surface area contributed by atoms with E-state index in [0.29, 0.717) is 6.42 Å². The smallest absolute Gasteiger partial charge is 0.331 e. The zero-order valence-corrected chi connectivity index (χ0v) is 6.02.